The molecule has 18 heavy (non-hydrogen) atoms. The van der Waals surface area contributed by atoms with E-state index in [0.717, 1.165) is 18.5 Å². The fourth-order valence-corrected chi connectivity index (χ4v) is 2.21. The minimum absolute atomic E-state index is 0.356. The SMILES string of the molecule is CNC(CCCc1ccccc1)c1ccn(C)n1. The number of aromatic nitrogens is 2. The first-order chi connectivity index (χ1) is 8.79. The molecule has 0 spiro atoms. The Labute approximate surface area is 109 Å². The van der Waals surface area contributed by atoms with Crippen molar-refractivity contribution in [2.45, 2.75) is 25.3 Å². The molecule has 3 heteroatoms. The van der Waals surface area contributed by atoms with Crippen LogP contribution >= 0.6 is 0 Å². The number of hydrogen-bond acceptors (Lipinski definition) is 2. The third kappa shape index (κ3) is 3.44. The summed E-state index contributed by atoms with van der Waals surface area (Å²) in [5.74, 6) is 0. The molecule has 0 radical (unpaired) electrons. The zero-order valence-corrected chi connectivity index (χ0v) is 11.1. The Kier molecular flexibility index (Phi) is 4.53. The monoisotopic (exact) mass is 243 g/mol. The number of rotatable bonds is 6. The number of benzene rings is 1. The average Bonchev–Trinajstić information content (AvgIpc) is 2.82. The lowest BCUT2D eigenvalue weighted by atomic mass is 10.0. The number of hydrogen-bond donors (Lipinski definition) is 1. The minimum Gasteiger partial charge on any atom is -0.312 e. The van der Waals surface area contributed by atoms with E-state index in [4.69, 9.17) is 0 Å². The highest BCUT2D eigenvalue weighted by molar-refractivity contribution is 5.14. The first-order valence-electron chi connectivity index (χ1n) is 6.50. The van der Waals surface area contributed by atoms with Gasteiger partial charge in [0.2, 0.25) is 0 Å². The van der Waals surface area contributed by atoms with Crippen molar-refractivity contribution < 1.29 is 0 Å². The van der Waals surface area contributed by atoms with Crippen LogP contribution in [0.2, 0.25) is 0 Å². The predicted molar refractivity (Wildman–Crippen MR) is 74.4 cm³/mol. The van der Waals surface area contributed by atoms with Crippen molar-refractivity contribution in [2.24, 2.45) is 7.05 Å². The predicted octanol–water partition coefficient (Wildman–Crippen LogP) is 2.70. The molecule has 0 aliphatic heterocycles. The van der Waals surface area contributed by atoms with E-state index in [1.807, 2.05) is 25.0 Å². The Morgan fingerprint density at radius 2 is 2.00 bits per heavy atom. The summed E-state index contributed by atoms with van der Waals surface area (Å²) < 4.78 is 1.86. The van der Waals surface area contributed by atoms with Crippen LogP contribution in [0.4, 0.5) is 0 Å². The molecular formula is C15H21N3. The lowest BCUT2D eigenvalue weighted by Crippen LogP contribution is -2.17. The van der Waals surface area contributed by atoms with Crippen molar-refractivity contribution in [3.63, 3.8) is 0 Å². The summed E-state index contributed by atoms with van der Waals surface area (Å²) in [6, 6.07) is 13.1. The maximum absolute atomic E-state index is 4.46. The van der Waals surface area contributed by atoms with Crippen LogP contribution in [0.3, 0.4) is 0 Å². The minimum atomic E-state index is 0.356. The lowest BCUT2D eigenvalue weighted by Gasteiger charge is -2.13. The van der Waals surface area contributed by atoms with Gasteiger partial charge >= 0.3 is 0 Å². The van der Waals surface area contributed by atoms with Crippen molar-refractivity contribution >= 4 is 0 Å². The van der Waals surface area contributed by atoms with E-state index >= 15 is 0 Å². The van der Waals surface area contributed by atoms with Crippen LogP contribution < -0.4 is 5.32 Å². The van der Waals surface area contributed by atoms with Gasteiger partial charge in [-0.15, -0.1) is 0 Å². The van der Waals surface area contributed by atoms with Crippen LogP contribution in [0.5, 0.6) is 0 Å². The highest BCUT2D eigenvalue weighted by Crippen LogP contribution is 2.17. The highest BCUT2D eigenvalue weighted by Gasteiger charge is 2.11. The van der Waals surface area contributed by atoms with E-state index in [2.05, 4.69) is 46.8 Å². The Balaban J connectivity index is 1.85. The van der Waals surface area contributed by atoms with Crippen molar-refractivity contribution in [3.8, 4) is 0 Å². The molecule has 0 aliphatic rings. The van der Waals surface area contributed by atoms with E-state index in [-0.39, 0.29) is 0 Å². The first-order valence-corrected chi connectivity index (χ1v) is 6.50. The van der Waals surface area contributed by atoms with Gasteiger partial charge in [-0.3, -0.25) is 4.68 Å². The standard InChI is InChI=1S/C15H21N3/c1-16-14(15-11-12-18(2)17-15)10-6-9-13-7-4-3-5-8-13/h3-5,7-8,11-12,14,16H,6,9-10H2,1-2H3. The zero-order chi connectivity index (χ0) is 12.8. The van der Waals surface area contributed by atoms with E-state index in [0.29, 0.717) is 6.04 Å². The first kappa shape index (κ1) is 12.8. The lowest BCUT2D eigenvalue weighted by molar-refractivity contribution is 0.508. The van der Waals surface area contributed by atoms with Crippen molar-refractivity contribution in [1.29, 1.82) is 0 Å². The normalized spacial score (nSPS) is 12.6. The Morgan fingerprint density at radius 3 is 2.61 bits per heavy atom. The second-order valence-electron chi connectivity index (χ2n) is 4.63. The second kappa shape index (κ2) is 6.36. The zero-order valence-electron chi connectivity index (χ0n) is 11.1. The molecule has 1 heterocycles. The van der Waals surface area contributed by atoms with Crippen molar-refractivity contribution in [1.82, 2.24) is 15.1 Å². The largest absolute Gasteiger partial charge is 0.312 e. The molecule has 3 nitrogen and oxygen atoms in total. The van der Waals surface area contributed by atoms with Gasteiger partial charge in [-0.25, -0.2) is 0 Å². The molecule has 1 aromatic heterocycles. The molecule has 1 N–H and O–H groups in total. The molecule has 0 fully saturated rings. The number of nitrogens with zero attached hydrogens (tertiary/aromatic N) is 2. The topological polar surface area (TPSA) is 29.9 Å². The van der Waals surface area contributed by atoms with Crippen LogP contribution in [0.15, 0.2) is 42.6 Å². The highest BCUT2D eigenvalue weighted by atomic mass is 15.3. The Hall–Kier alpha value is -1.61. The maximum atomic E-state index is 4.46. The quantitative estimate of drug-likeness (QED) is 0.845. The van der Waals surface area contributed by atoms with Gasteiger partial charge < -0.3 is 5.32 Å². The smallest absolute Gasteiger partial charge is 0.0793 e. The van der Waals surface area contributed by atoms with Crippen LogP contribution in [-0.4, -0.2) is 16.8 Å². The molecule has 96 valence electrons. The summed E-state index contributed by atoms with van der Waals surface area (Å²) in [6.45, 7) is 0. The van der Waals surface area contributed by atoms with Crippen LogP contribution in [0, 0.1) is 0 Å². The summed E-state index contributed by atoms with van der Waals surface area (Å²) in [7, 11) is 3.96. The average molecular weight is 243 g/mol. The fraction of sp³-hybridized carbons (Fsp3) is 0.400. The van der Waals surface area contributed by atoms with Gasteiger partial charge in [0.05, 0.1) is 11.7 Å². The third-order valence-electron chi connectivity index (χ3n) is 3.24. The fourth-order valence-electron chi connectivity index (χ4n) is 2.21. The van der Waals surface area contributed by atoms with Crippen molar-refractivity contribution in [2.75, 3.05) is 7.05 Å². The maximum Gasteiger partial charge on any atom is 0.0793 e. The Morgan fingerprint density at radius 1 is 1.22 bits per heavy atom. The molecule has 2 rings (SSSR count). The van der Waals surface area contributed by atoms with Gasteiger partial charge in [0.15, 0.2) is 0 Å². The molecule has 1 aromatic carbocycles. The van der Waals surface area contributed by atoms with E-state index < -0.39 is 0 Å². The number of aryl methyl sites for hydroxylation is 2. The van der Waals surface area contributed by atoms with Gasteiger partial charge in [0, 0.05) is 13.2 Å². The van der Waals surface area contributed by atoms with Crippen LogP contribution in [0.25, 0.3) is 0 Å². The molecule has 0 saturated heterocycles. The van der Waals surface area contributed by atoms with Crippen LogP contribution in [0.1, 0.15) is 30.1 Å². The molecule has 2 aromatic rings. The number of nitrogens with one attached hydrogen (secondary N) is 1. The van der Waals surface area contributed by atoms with Crippen LogP contribution in [-0.2, 0) is 13.5 Å². The molecule has 0 saturated carbocycles. The molecular weight excluding hydrogens is 222 g/mol. The van der Waals surface area contributed by atoms with Gasteiger partial charge in [0.25, 0.3) is 0 Å². The third-order valence-corrected chi connectivity index (χ3v) is 3.24. The van der Waals surface area contributed by atoms with E-state index in [9.17, 15) is 0 Å². The molecule has 0 bridgehead atoms. The van der Waals surface area contributed by atoms with Gasteiger partial charge in [-0.05, 0) is 37.9 Å². The van der Waals surface area contributed by atoms with Crippen molar-refractivity contribution in [3.05, 3.63) is 53.9 Å². The molecule has 0 aliphatic carbocycles. The second-order valence-corrected chi connectivity index (χ2v) is 4.63. The van der Waals surface area contributed by atoms with Gasteiger partial charge in [0.1, 0.15) is 0 Å². The summed E-state index contributed by atoms with van der Waals surface area (Å²) in [6.07, 6.45) is 5.41. The summed E-state index contributed by atoms with van der Waals surface area (Å²) in [4.78, 5) is 0. The molecule has 1 unspecified atom stereocenters. The van der Waals surface area contributed by atoms with E-state index in [1.165, 1.54) is 12.0 Å². The molecule has 0 amide bonds. The van der Waals surface area contributed by atoms with E-state index in [1.54, 1.807) is 0 Å². The summed E-state index contributed by atoms with van der Waals surface area (Å²) >= 11 is 0. The Bertz CT molecular complexity index is 462. The molecule has 1 atom stereocenters. The summed E-state index contributed by atoms with van der Waals surface area (Å²) in [5.41, 5.74) is 2.54. The van der Waals surface area contributed by atoms with Gasteiger partial charge in [-0.2, -0.15) is 5.10 Å². The summed E-state index contributed by atoms with van der Waals surface area (Å²) in [5, 5.41) is 7.80. The van der Waals surface area contributed by atoms with Gasteiger partial charge in [-0.1, -0.05) is 30.3 Å².